The van der Waals surface area contributed by atoms with E-state index in [2.05, 4.69) is 28.9 Å². The van der Waals surface area contributed by atoms with Gasteiger partial charge >= 0.3 is 0 Å². The topological polar surface area (TPSA) is 64.5 Å². The van der Waals surface area contributed by atoms with Crippen molar-refractivity contribution < 1.29 is 10.2 Å². The third-order valence-electron chi connectivity index (χ3n) is 4.05. The second-order valence-corrected chi connectivity index (χ2v) is 5.60. The van der Waals surface area contributed by atoms with Crippen molar-refractivity contribution in [2.45, 2.75) is 56.9 Å². The Hall–Kier alpha value is -0.680. The molecule has 1 heterocycles. The van der Waals surface area contributed by atoms with Crippen LogP contribution in [-0.4, -0.2) is 47.6 Å². The second kappa shape index (κ2) is 7.20. The van der Waals surface area contributed by atoms with Crippen molar-refractivity contribution in [3.05, 3.63) is 23.8 Å². The molecule has 4 atom stereocenters. The Morgan fingerprint density at radius 2 is 2.16 bits per heavy atom. The molecule has 0 aromatic heterocycles. The zero-order chi connectivity index (χ0) is 13.7. The highest BCUT2D eigenvalue weighted by molar-refractivity contribution is 5.25. The third kappa shape index (κ3) is 4.14. The van der Waals surface area contributed by atoms with Gasteiger partial charge in [0.15, 0.2) is 0 Å². The number of nitrogens with one attached hydrogen (secondary N) is 2. The zero-order valence-electron chi connectivity index (χ0n) is 11.7. The molecule has 0 spiro atoms. The summed E-state index contributed by atoms with van der Waals surface area (Å²) in [5, 5.41) is 26.1. The fraction of sp³-hybridized carbons (Fsp3) is 0.733. The van der Waals surface area contributed by atoms with Gasteiger partial charge in [0.25, 0.3) is 0 Å². The quantitative estimate of drug-likeness (QED) is 0.513. The predicted octanol–water partition coefficient (Wildman–Crippen LogP) is 0.715. The fourth-order valence-corrected chi connectivity index (χ4v) is 2.82. The van der Waals surface area contributed by atoms with Crippen LogP contribution in [-0.2, 0) is 0 Å². The van der Waals surface area contributed by atoms with Gasteiger partial charge in [0.05, 0.1) is 12.2 Å². The summed E-state index contributed by atoms with van der Waals surface area (Å²) in [6.45, 7) is 3.79. The Morgan fingerprint density at radius 1 is 1.32 bits per heavy atom. The summed E-state index contributed by atoms with van der Waals surface area (Å²) in [7, 11) is 0. The summed E-state index contributed by atoms with van der Waals surface area (Å²) in [5.41, 5.74) is 1.45. The van der Waals surface area contributed by atoms with E-state index in [1.165, 1.54) is 5.57 Å². The van der Waals surface area contributed by atoms with Crippen LogP contribution >= 0.6 is 0 Å². The molecule has 1 fully saturated rings. The maximum Gasteiger partial charge on any atom is 0.0967 e. The highest BCUT2D eigenvalue weighted by atomic mass is 16.3. The minimum absolute atomic E-state index is 0.0120. The smallest absolute Gasteiger partial charge is 0.0967 e. The molecule has 1 aliphatic heterocycles. The lowest BCUT2D eigenvalue weighted by molar-refractivity contribution is 0.0293. The SMILES string of the molecule is C[C@@H]1N[C@@H](CCNCCCC2=CCC=C2)[C@H](O)[C@@H]1O. The van der Waals surface area contributed by atoms with Gasteiger partial charge in [-0.05, 0) is 45.7 Å². The molecule has 0 saturated carbocycles. The Labute approximate surface area is 115 Å². The van der Waals surface area contributed by atoms with Crippen LogP contribution in [0.1, 0.15) is 32.6 Å². The zero-order valence-corrected chi connectivity index (χ0v) is 11.7. The van der Waals surface area contributed by atoms with E-state index in [0.717, 1.165) is 38.8 Å². The molecule has 0 aromatic carbocycles. The molecule has 0 amide bonds. The maximum atomic E-state index is 9.82. The molecule has 4 nitrogen and oxygen atoms in total. The number of hydrogen-bond donors (Lipinski definition) is 4. The maximum absolute atomic E-state index is 9.82. The van der Waals surface area contributed by atoms with Crippen molar-refractivity contribution in [3.8, 4) is 0 Å². The van der Waals surface area contributed by atoms with Gasteiger partial charge in [0.1, 0.15) is 0 Å². The normalized spacial score (nSPS) is 33.9. The van der Waals surface area contributed by atoms with E-state index in [9.17, 15) is 10.2 Å². The Kier molecular flexibility index (Phi) is 5.58. The molecule has 1 aliphatic carbocycles. The number of aliphatic hydroxyl groups is 2. The summed E-state index contributed by atoms with van der Waals surface area (Å²) in [6, 6.07) is -0.000866. The van der Waals surface area contributed by atoms with Crippen LogP contribution in [0.15, 0.2) is 23.8 Å². The lowest BCUT2D eigenvalue weighted by atomic mass is 10.1. The van der Waals surface area contributed by atoms with Crippen molar-refractivity contribution >= 4 is 0 Å². The monoisotopic (exact) mass is 266 g/mol. The number of allylic oxidation sites excluding steroid dienone is 4. The third-order valence-corrected chi connectivity index (χ3v) is 4.05. The summed E-state index contributed by atoms with van der Waals surface area (Å²) < 4.78 is 0. The first-order chi connectivity index (χ1) is 9.18. The molecular weight excluding hydrogens is 240 g/mol. The van der Waals surface area contributed by atoms with Gasteiger partial charge in [-0.3, -0.25) is 0 Å². The molecule has 0 aromatic rings. The molecule has 0 radical (unpaired) electrons. The van der Waals surface area contributed by atoms with Gasteiger partial charge in [0, 0.05) is 12.1 Å². The van der Waals surface area contributed by atoms with Gasteiger partial charge in [-0.1, -0.05) is 23.8 Å². The molecule has 108 valence electrons. The fourth-order valence-electron chi connectivity index (χ4n) is 2.82. The predicted molar refractivity (Wildman–Crippen MR) is 77.0 cm³/mol. The molecule has 2 rings (SSSR count). The lowest BCUT2D eigenvalue weighted by Gasteiger charge is -2.16. The molecule has 4 N–H and O–H groups in total. The highest BCUT2D eigenvalue weighted by Crippen LogP contribution is 2.16. The highest BCUT2D eigenvalue weighted by Gasteiger charge is 2.37. The van der Waals surface area contributed by atoms with Crippen LogP contribution < -0.4 is 10.6 Å². The first-order valence-electron chi connectivity index (χ1n) is 7.37. The Bertz CT molecular complexity index is 341. The molecule has 0 bridgehead atoms. The molecule has 2 aliphatic rings. The van der Waals surface area contributed by atoms with Crippen LogP contribution in [0.2, 0.25) is 0 Å². The second-order valence-electron chi connectivity index (χ2n) is 5.60. The van der Waals surface area contributed by atoms with E-state index >= 15 is 0 Å². The van der Waals surface area contributed by atoms with Gasteiger partial charge in [-0.15, -0.1) is 0 Å². The Balaban J connectivity index is 1.51. The number of rotatable bonds is 7. The van der Waals surface area contributed by atoms with Crippen LogP contribution in [0.25, 0.3) is 0 Å². The standard InChI is InChI=1S/C15H26N2O2/c1-11-14(18)15(19)13(17-11)8-10-16-9-4-7-12-5-2-3-6-12/h2,5-6,11,13-19H,3-4,7-10H2,1H3/t11-,13-,14+,15-/m0/s1. The van der Waals surface area contributed by atoms with Crippen LogP contribution in [0.5, 0.6) is 0 Å². The summed E-state index contributed by atoms with van der Waals surface area (Å²) in [5.74, 6) is 0. The minimum atomic E-state index is -0.634. The Morgan fingerprint density at radius 3 is 2.79 bits per heavy atom. The van der Waals surface area contributed by atoms with Gasteiger partial charge in [-0.2, -0.15) is 0 Å². The number of hydrogen-bond acceptors (Lipinski definition) is 4. The summed E-state index contributed by atoms with van der Waals surface area (Å²) in [4.78, 5) is 0. The molecule has 0 unspecified atom stereocenters. The first kappa shape index (κ1) is 14.7. The molecule has 1 saturated heterocycles. The van der Waals surface area contributed by atoms with E-state index in [0.29, 0.717) is 0 Å². The van der Waals surface area contributed by atoms with Gasteiger partial charge < -0.3 is 20.8 Å². The largest absolute Gasteiger partial charge is 0.389 e. The molecule has 4 heteroatoms. The number of aliphatic hydroxyl groups excluding tert-OH is 2. The summed E-state index contributed by atoms with van der Waals surface area (Å²) in [6.07, 6.45) is 9.65. The average Bonchev–Trinajstić information content (AvgIpc) is 2.99. The van der Waals surface area contributed by atoms with Crippen molar-refractivity contribution in [2.24, 2.45) is 0 Å². The van der Waals surface area contributed by atoms with E-state index in [-0.39, 0.29) is 12.1 Å². The van der Waals surface area contributed by atoms with Crippen molar-refractivity contribution in [1.29, 1.82) is 0 Å². The van der Waals surface area contributed by atoms with Crippen LogP contribution in [0, 0.1) is 0 Å². The van der Waals surface area contributed by atoms with Crippen molar-refractivity contribution in [1.82, 2.24) is 10.6 Å². The van der Waals surface area contributed by atoms with Crippen molar-refractivity contribution in [2.75, 3.05) is 13.1 Å². The van der Waals surface area contributed by atoms with Gasteiger partial charge in [-0.25, -0.2) is 0 Å². The minimum Gasteiger partial charge on any atom is -0.389 e. The van der Waals surface area contributed by atoms with E-state index in [1.807, 2.05) is 6.92 Å². The molecular formula is C15H26N2O2. The van der Waals surface area contributed by atoms with Crippen LogP contribution in [0.3, 0.4) is 0 Å². The molecule has 19 heavy (non-hydrogen) atoms. The van der Waals surface area contributed by atoms with Gasteiger partial charge in [0.2, 0.25) is 0 Å². The lowest BCUT2D eigenvalue weighted by Crippen LogP contribution is -2.36. The first-order valence-corrected chi connectivity index (χ1v) is 7.37. The summed E-state index contributed by atoms with van der Waals surface area (Å²) >= 11 is 0. The van der Waals surface area contributed by atoms with Crippen LogP contribution in [0.4, 0.5) is 0 Å². The van der Waals surface area contributed by atoms with E-state index in [4.69, 9.17) is 0 Å². The van der Waals surface area contributed by atoms with E-state index in [1.54, 1.807) is 0 Å². The van der Waals surface area contributed by atoms with E-state index < -0.39 is 12.2 Å². The average molecular weight is 266 g/mol. The van der Waals surface area contributed by atoms with Crippen molar-refractivity contribution in [3.63, 3.8) is 0 Å².